The molecule has 4 nitrogen and oxygen atoms in total. The number of unbranched alkanes of at least 4 members (excludes halogenated alkanes) is 4. The first-order chi connectivity index (χ1) is 17.9. The molecule has 0 unspecified atom stereocenters. The normalized spacial score (nSPS) is 19.0. The first-order valence-corrected chi connectivity index (χ1v) is 18.3. The van der Waals surface area contributed by atoms with Crippen LogP contribution in [-0.2, 0) is 9.47 Å². The highest BCUT2D eigenvalue weighted by molar-refractivity contribution is 8.76. The van der Waals surface area contributed by atoms with Crippen molar-refractivity contribution in [2.45, 2.75) is 141 Å². The van der Waals surface area contributed by atoms with E-state index in [-0.39, 0.29) is 0 Å². The smallest absolute Gasteiger partial charge is 0.0575 e. The third kappa shape index (κ3) is 20.5. The highest BCUT2D eigenvalue weighted by Crippen LogP contribution is 2.21. The molecule has 2 aliphatic carbocycles. The Kier molecular flexibility index (Phi) is 23.5. The van der Waals surface area contributed by atoms with Crippen LogP contribution in [0.4, 0.5) is 0 Å². The number of hydrogen-bond donors (Lipinski definition) is 2. The number of ether oxygens (including phenoxy) is 2. The topological polar surface area (TPSA) is 42.5 Å². The minimum Gasteiger partial charge on any atom is -0.378 e. The molecule has 2 rings (SSSR count). The van der Waals surface area contributed by atoms with E-state index in [4.69, 9.17) is 9.47 Å². The van der Waals surface area contributed by atoms with Crippen LogP contribution in [0.25, 0.3) is 0 Å². The number of hydrogen-bond acceptors (Lipinski definition) is 6. The summed E-state index contributed by atoms with van der Waals surface area (Å²) >= 11 is 0. The zero-order chi connectivity index (χ0) is 25.2. The van der Waals surface area contributed by atoms with Gasteiger partial charge in [0.15, 0.2) is 0 Å². The molecule has 0 saturated heterocycles. The third-order valence-electron chi connectivity index (χ3n) is 7.61. The molecule has 36 heavy (non-hydrogen) atoms. The molecule has 214 valence electrons. The molecule has 0 heterocycles. The van der Waals surface area contributed by atoms with Gasteiger partial charge in [-0.2, -0.15) is 0 Å². The fourth-order valence-electron chi connectivity index (χ4n) is 5.32. The summed E-state index contributed by atoms with van der Waals surface area (Å²) in [5.41, 5.74) is 0. The number of nitrogens with one attached hydrogen (secondary N) is 2. The van der Waals surface area contributed by atoms with E-state index in [2.05, 4.69) is 10.6 Å². The van der Waals surface area contributed by atoms with Crippen molar-refractivity contribution in [2.24, 2.45) is 0 Å². The summed E-state index contributed by atoms with van der Waals surface area (Å²) in [6.07, 6.45) is 27.9. The van der Waals surface area contributed by atoms with Crippen LogP contribution in [-0.4, -0.2) is 63.1 Å². The summed E-state index contributed by atoms with van der Waals surface area (Å²) in [6.45, 7) is 6.52. The maximum absolute atomic E-state index is 6.14. The van der Waals surface area contributed by atoms with E-state index in [0.29, 0.717) is 12.2 Å². The van der Waals surface area contributed by atoms with Crippen LogP contribution >= 0.6 is 21.6 Å². The minimum absolute atomic E-state index is 0.554. The Labute approximate surface area is 232 Å². The Balaban J connectivity index is 1.20. The Hall–Kier alpha value is 0.540. The van der Waals surface area contributed by atoms with Crippen LogP contribution in [0.2, 0.25) is 0 Å². The Morgan fingerprint density at radius 1 is 0.444 bits per heavy atom. The van der Waals surface area contributed by atoms with Gasteiger partial charge < -0.3 is 20.1 Å². The van der Waals surface area contributed by atoms with E-state index in [0.717, 1.165) is 39.4 Å². The van der Waals surface area contributed by atoms with Crippen LogP contribution in [0.15, 0.2) is 0 Å². The summed E-state index contributed by atoms with van der Waals surface area (Å²) in [5, 5.41) is 7.20. The lowest BCUT2D eigenvalue weighted by molar-refractivity contribution is 0.0331. The van der Waals surface area contributed by atoms with Gasteiger partial charge in [-0.1, -0.05) is 85.8 Å². The summed E-state index contributed by atoms with van der Waals surface area (Å²) in [7, 11) is 4.03. The van der Waals surface area contributed by atoms with Crippen molar-refractivity contribution in [3.63, 3.8) is 0 Å². The van der Waals surface area contributed by atoms with Gasteiger partial charge in [0, 0.05) is 37.8 Å². The summed E-state index contributed by atoms with van der Waals surface area (Å²) in [6, 6.07) is 0. The monoisotopic (exact) mass is 544 g/mol. The molecule has 0 aromatic heterocycles. The van der Waals surface area contributed by atoms with Crippen molar-refractivity contribution in [1.82, 2.24) is 10.6 Å². The van der Waals surface area contributed by atoms with Crippen molar-refractivity contribution in [2.75, 3.05) is 50.9 Å². The third-order valence-corrected chi connectivity index (χ3v) is 10.0. The quantitative estimate of drug-likeness (QED) is 0.112. The van der Waals surface area contributed by atoms with E-state index >= 15 is 0 Å². The molecule has 2 saturated carbocycles. The lowest BCUT2D eigenvalue weighted by Gasteiger charge is -2.20. The molecular formula is C30H60N2O2S2. The molecule has 6 heteroatoms. The van der Waals surface area contributed by atoms with Gasteiger partial charge in [-0.05, 0) is 77.3 Å². The summed E-state index contributed by atoms with van der Waals surface area (Å²) in [4.78, 5) is 0. The predicted octanol–water partition coefficient (Wildman–Crippen LogP) is 8.15. The van der Waals surface area contributed by atoms with E-state index < -0.39 is 0 Å². The van der Waals surface area contributed by atoms with E-state index in [1.807, 2.05) is 21.6 Å². The van der Waals surface area contributed by atoms with Crippen molar-refractivity contribution >= 4 is 21.6 Å². The standard InChI is InChI=1S/C30H60N2O2S2/c1-3-9-17-29(18-10-4-1)33-25-15-7-13-21-31-23-27-35-36-28-24-32-22-14-8-16-26-34-30-19-11-5-2-6-12-20-30/h29-32H,1-28H2. The minimum atomic E-state index is 0.554. The summed E-state index contributed by atoms with van der Waals surface area (Å²) in [5.74, 6) is 2.41. The van der Waals surface area contributed by atoms with Gasteiger partial charge >= 0.3 is 0 Å². The fraction of sp³-hybridized carbons (Fsp3) is 1.00. The highest BCUT2D eigenvalue weighted by Gasteiger charge is 2.12. The van der Waals surface area contributed by atoms with Gasteiger partial charge in [0.05, 0.1) is 12.2 Å². The second-order valence-electron chi connectivity index (χ2n) is 10.9. The van der Waals surface area contributed by atoms with Crippen molar-refractivity contribution in [1.29, 1.82) is 0 Å². The molecule has 2 fully saturated rings. The van der Waals surface area contributed by atoms with Gasteiger partial charge in [-0.3, -0.25) is 0 Å². The van der Waals surface area contributed by atoms with Crippen LogP contribution in [0.5, 0.6) is 0 Å². The van der Waals surface area contributed by atoms with E-state index in [1.54, 1.807) is 0 Å². The molecule has 2 aliphatic rings. The highest BCUT2D eigenvalue weighted by atomic mass is 33.1. The molecule has 0 amide bonds. The van der Waals surface area contributed by atoms with Gasteiger partial charge in [0.2, 0.25) is 0 Å². The average Bonchev–Trinajstić information content (AvgIpc) is 2.84. The largest absolute Gasteiger partial charge is 0.378 e. The zero-order valence-corrected chi connectivity index (χ0v) is 25.2. The Bertz CT molecular complexity index is 403. The van der Waals surface area contributed by atoms with Gasteiger partial charge in [0.1, 0.15) is 0 Å². The lowest BCUT2D eigenvalue weighted by Crippen LogP contribution is -2.19. The number of rotatable bonds is 21. The maximum Gasteiger partial charge on any atom is 0.0575 e. The molecule has 0 aromatic carbocycles. The van der Waals surface area contributed by atoms with Crippen LogP contribution in [0.1, 0.15) is 128 Å². The molecule has 0 aromatic rings. The van der Waals surface area contributed by atoms with Crippen LogP contribution in [0, 0.1) is 0 Å². The molecule has 2 N–H and O–H groups in total. The molecule has 0 atom stereocenters. The SMILES string of the molecule is C1CCCC(OCCCCCNCCSSCCNCCCCCOC2CCCCCCC2)CCC1. The lowest BCUT2D eigenvalue weighted by atomic mass is 9.98. The fourth-order valence-corrected chi connectivity index (χ4v) is 7.22. The van der Waals surface area contributed by atoms with E-state index in [9.17, 15) is 0 Å². The first-order valence-electron chi connectivity index (χ1n) is 15.8. The average molecular weight is 545 g/mol. The predicted molar refractivity (Wildman–Crippen MR) is 162 cm³/mol. The van der Waals surface area contributed by atoms with Gasteiger partial charge in [0.25, 0.3) is 0 Å². The van der Waals surface area contributed by atoms with E-state index in [1.165, 1.54) is 140 Å². The van der Waals surface area contributed by atoms with Crippen molar-refractivity contribution in [3.05, 3.63) is 0 Å². The second kappa shape index (κ2) is 25.8. The Morgan fingerprint density at radius 3 is 1.25 bits per heavy atom. The molecule has 0 bridgehead atoms. The molecule has 0 aliphatic heterocycles. The summed E-state index contributed by atoms with van der Waals surface area (Å²) < 4.78 is 12.3. The Morgan fingerprint density at radius 2 is 0.833 bits per heavy atom. The van der Waals surface area contributed by atoms with Crippen molar-refractivity contribution in [3.8, 4) is 0 Å². The second-order valence-corrected chi connectivity index (χ2v) is 13.6. The molecule has 0 spiro atoms. The van der Waals surface area contributed by atoms with Gasteiger partial charge in [-0.25, -0.2) is 0 Å². The van der Waals surface area contributed by atoms with Gasteiger partial charge in [-0.15, -0.1) is 0 Å². The zero-order valence-electron chi connectivity index (χ0n) is 23.6. The van der Waals surface area contributed by atoms with Crippen LogP contribution < -0.4 is 10.6 Å². The van der Waals surface area contributed by atoms with Crippen LogP contribution in [0.3, 0.4) is 0 Å². The molecular weight excluding hydrogens is 484 g/mol. The maximum atomic E-state index is 6.14. The van der Waals surface area contributed by atoms with Crippen molar-refractivity contribution < 1.29 is 9.47 Å². The molecule has 0 radical (unpaired) electrons. The first kappa shape index (κ1) is 32.8.